The van der Waals surface area contributed by atoms with Gasteiger partial charge >= 0.3 is 5.97 Å². The van der Waals surface area contributed by atoms with Crippen LogP contribution >= 0.6 is 15.9 Å². The van der Waals surface area contributed by atoms with Gasteiger partial charge in [0.05, 0.1) is 16.8 Å². The lowest BCUT2D eigenvalue weighted by Crippen LogP contribution is -2.16. The molecule has 0 unspecified atom stereocenters. The molecule has 0 saturated carbocycles. The van der Waals surface area contributed by atoms with Gasteiger partial charge in [0.15, 0.2) is 0 Å². The molecule has 6 heteroatoms. The molecule has 1 amide bonds. The van der Waals surface area contributed by atoms with Gasteiger partial charge in [0, 0.05) is 4.47 Å². The number of carboxylic acid groups (broad SMARTS) is 1. The van der Waals surface area contributed by atoms with Crippen molar-refractivity contribution in [3.05, 3.63) is 63.4 Å². The van der Waals surface area contributed by atoms with Crippen molar-refractivity contribution in [1.82, 2.24) is 0 Å². The van der Waals surface area contributed by atoms with E-state index in [-0.39, 0.29) is 16.8 Å². The Balaban J connectivity index is 2.36. The highest BCUT2D eigenvalue weighted by atomic mass is 79.9. The van der Waals surface area contributed by atoms with Crippen molar-refractivity contribution < 1.29 is 19.1 Å². The Hall–Kier alpha value is -2.21. The molecule has 0 fully saturated rings. The summed E-state index contributed by atoms with van der Waals surface area (Å²) in [5, 5.41) is 11.5. The third kappa shape index (κ3) is 3.46. The molecule has 0 aromatic heterocycles. The van der Waals surface area contributed by atoms with Crippen LogP contribution in [0.4, 0.5) is 10.1 Å². The molecular formula is C15H11BrFNO3. The number of hydrogen-bond acceptors (Lipinski definition) is 2. The zero-order valence-corrected chi connectivity index (χ0v) is 12.6. The van der Waals surface area contributed by atoms with Crippen LogP contribution in [-0.2, 0) is 0 Å². The average Bonchev–Trinajstić information content (AvgIpc) is 2.43. The number of hydrogen-bond donors (Lipinski definition) is 2. The molecule has 0 aliphatic carbocycles. The molecule has 0 saturated heterocycles. The van der Waals surface area contributed by atoms with E-state index in [0.29, 0.717) is 4.47 Å². The number of carboxylic acids is 1. The van der Waals surface area contributed by atoms with Gasteiger partial charge in [0.2, 0.25) is 0 Å². The van der Waals surface area contributed by atoms with Crippen LogP contribution in [0.5, 0.6) is 0 Å². The van der Waals surface area contributed by atoms with Gasteiger partial charge in [-0.15, -0.1) is 0 Å². The zero-order chi connectivity index (χ0) is 15.6. The fourth-order valence-corrected chi connectivity index (χ4v) is 2.17. The minimum Gasteiger partial charge on any atom is -0.478 e. The van der Waals surface area contributed by atoms with Crippen LogP contribution in [0.15, 0.2) is 40.9 Å². The number of aryl methyl sites for hydroxylation is 1. The third-order valence-corrected chi connectivity index (χ3v) is 3.32. The molecule has 4 nitrogen and oxygen atoms in total. The van der Waals surface area contributed by atoms with E-state index in [4.69, 9.17) is 5.11 Å². The maximum absolute atomic E-state index is 13.7. The number of carbonyl (C=O) groups excluding carboxylic acids is 1. The molecule has 21 heavy (non-hydrogen) atoms. The van der Waals surface area contributed by atoms with Gasteiger partial charge in [-0.1, -0.05) is 27.6 Å². The number of benzene rings is 2. The molecule has 2 N–H and O–H groups in total. The minimum absolute atomic E-state index is 0.0780. The fourth-order valence-electron chi connectivity index (χ4n) is 1.81. The molecule has 2 aromatic carbocycles. The van der Waals surface area contributed by atoms with E-state index >= 15 is 0 Å². The van der Waals surface area contributed by atoms with Crippen molar-refractivity contribution in [2.24, 2.45) is 0 Å². The molecule has 108 valence electrons. The van der Waals surface area contributed by atoms with E-state index < -0.39 is 17.7 Å². The summed E-state index contributed by atoms with van der Waals surface area (Å²) in [4.78, 5) is 23.3. The lowest BCUT2D eigenvalue weighted by Gasteiger charge is -2.10. The number of nitrogens with one attached hydrogen (secondary N) is 1. The second-order valence-corrected chi connectivity index (χ2v) is 5.35. The van der Waals surface area contributed by atoms with Crippen molar-refractivity contribution in [2.75, 3.05) is 5.32 Å². The van der Waals surface area contributed by atoms with Crippen LogP contribution in [0.2, 0.25) is 0 Å². The van der Waals surface area contributed by atoms with Crippen molar-refractivity contribution in [1.29, 1.82) is 0 Å². The topological polar surface area (TPSA) is 66.4 Å². The van der Waals surface area contributed by atoms with Gasteiger partial charge in [0.1, 0.15) is 5.82 Å². The van der Waals surface area contributed by atoms with Crippen molar-refractivity contribution >= 4 is 33.5 Å². The second-order valence-electron chi connectivity index (χ2n) is 4.43. The molecule has 0 bridgehead atoms. The molecule has 0 radical (unpaired) electrons. The third-order valence-electron chi connectivity index (χ3n) is 2.83. The maximum atomic E-state index is 13.7. The van der Waals surface area contributed by atoms with Gasteiger partial charge in [-0.3, -0.25) is 4.79 Å². The zero-order valence-electron chi connectivity index (χ0n) is 11.0. The molecule has 0 heterocycles. The summed E-state index contributed by atoms with van der Waals surface area (Å²) in [6, 6.07) is 8.56. The van der Waals surface area contributed by atoms with E-state index in [1.165, 1.54) is 24.3 Å². The van der Waals surface area contributed by atoms with E-state index in [1.807, 2.05) is 0 Å². The highest BCUT2D eigenvalue weighted by Crippen LogP contribution is 2.22. The smallest absolute Gasteiger partial charge is 0.337 e. The number of halogens is 2. The lowest BCUT2D eigenvalue weighted by molar-refractivity contribution is 0.0698. The van der Waals surface area contributed by atoms with E-state index in [0.717, 1.165) is 5.56 Å². The van der Waals surface area contributed by atoms with Crippen molar-refractivity contribution in [3.8, 4) is 0 Å². The van der Waals surface area contributed by atoms with Gasteiger partial charge in [-0.2, -0.15) is 0 Å². The first-order valence-electron chi connectivity index (χ1n) is 5.99. The number of rotatable bonds is 3. The highest BCUT2D eigenvalue weighted by Gasteiger charge is 2.16. The Bertz CT molecular complexity index is 731. The minimum atomic E-state index is -1.18. The van der Waals surface area contributed by atoms with Gasteiger partial charge in [-0.25, -0.2) is 9.18 Å². The van der Waals surface area contributed by atoms with Crippen LogP contribution in [-0.4, -0.2) is 17.0 Å². The first kappa shape index (κ1) is 15.2. The Morgan fingerprint density at radius 1 is 1.14 bits per heavy atom. The highest BCUT2D eigenvalue weighted by molar-refractivity contribution is 9.10. The monoisotopic (exact) mass is 351 g/mol. The predicted octanol–water partition coefficient (Wildman–Crippen LogP) is 3.85. The largest absolute Gasteiger partial charge is 0.478 e. The van der Waals surface area contributed by atoms with Crippen LogP contribution in [0.25, 0.3) is 0 Å². The molecule has 0 atom stereocenters. The summed E-state index contributed by atoms with van der Waals surface area (Å²) in [5.74, 6) is -2.54. The lowest BCUT2D eigenvalue weighted by atomic mass is 10.1. The summed E-state index contributed by atoms with van der Waals surface area (Å²) >= 11 is 3.16. The van der Waals surface area contributed by atoms with Crippen LogP contribution < -0.4 is 5.32 Å². The van der Waals surface area contributed by atoms with Gasteiger partial charge < -0.3 is 10.4 Å². The maximum Gasteiger partial charge on any atom is 0.337 e. The Labute approximate surface area is 128 Å². The second kappa shape index (κ2) is 6.05. The van der Waals surface area contributed by atoms with Crippen LogP contribution in [0.1, 0.15) is 26.3 Å². The molecule has 0 aliphatic heterocycles. The van der Waals surface area contributed by atoms with Gasteiger partial charge in [0.25, 0.3) is 5.91 Å². The van der Waals surface area contributed by atoms with Crippen molar-refractivity contribution in [3.63, 3.8) is 0 Å². The standard InChI is InChI=1S/C15H11BrFNO3/c1-8-2-4-12(17)10(6-8)14(19)18-13-5-3-9(16)7-11(13)15(20)21/h2-7H,1H3,(H,18,19)(H,20,21). The van der Waals surface area contributed by atoms with Gasteiger partial charge in [-0.05, 0) is 37.3 Å². The first-order valence-corrected chi connectivity index (χ1v) is 6.78. The number of carbonyl (C=O) groups is 2. The summed E-state index contributed by atoms with van der Waals surface area (Å²) < 4.78 is 14.2. The average molecular weight is 352 g/mol. The quantitative estimate of drug-likeness (QED) is 0.882. The summed E-state index contributed by atoms with van der Waals surface area (Å²) in [6.45, 7) is 1.73. The molecular weight excluding hydrogens is 341 g/mol. The first-order chi connectivity index (χ1) is 9.88. The Kier molecular flexibility index (Phi) is 4.37. The number of aromatic carboxylic acids is 1. The van der Waals surface area contributed by atoms with E-state index in [1.54, 1.807) is 19.1 Å². The number of anilines is 1. The number of amides is 1. The molecule has 0 aliphatic rings. The van der Waals surface area contributed by atoms with Crippen LogP contribution in [0, 0.1) is 12.7 Å². The molecule has 0 spiro atoms. The normalized spacial score (nSPS) is 10.2. The molecule has 2 aromatic rings. The Morgan fingerprint density at radius 2 is 1.86 bits per heavy atom. The summed E-state index contributed by atoms with van der Waals surface area (Å²) in [5.41, 5.74) is 0.632. The van der Waals surface area contributed by atoms with E-state index in [9.17, 15) is 14.0 Å². The van der Waals surface area contributed by atoms with E-state index in [2.05, 4.69) is 21.2 Å². The summed E-state index contributed by atoms with van der Waals surface area (Å²) in [7, 11) is 0. The predicted molar refractivity (Wildman–Crippen MR) is 80.2 cm³/mol. The fraction of sp³-hybridized carbons (Fsp3) is 0.0667. The Morgan fingerprint density at radius 3 is 2.52 bits per heavy atom. The molecule has 2 rings (SSSR count). The summed E-state index contributed by atoms with van der Waals surface area (Å²) in [6.07, 6.45) is 0. The van der Waals surface area contributed by atoms with Crippen molar-refractivity contribution in [2.45, 2.75) is 6.92 Å². The van der Waals surface area contributed by atoms with Crippen LogP contribution in [0.3, 0.4) is 0 Å². The SMILES string of the molecule is Cc1ccc(F)c(C(=O)Nc2ccc(Br)cc2C(=O)O)c1.